The van der Waals surface area contributed by atoms with Gasteiger partial charge in [-0.1, -0.05) is 35.9 Å². The molecule has 0 fully saturated rings. The van der Waals surface area contributed by atoms with Crippen LogP contribution in [0.5, 0.6) is 5.75 Å². The topological polar surface area (TPSA) is 46.5 Å². The van der Waals surface area contributed by atoms with Gasteiger partial charge in [0.15, 0.2) is 0 Å². The Balaban J connectivity index is 2.31. The Morgan fingerprint density at radius 1 is 1.21 bits per heavy atom. The molecule has 0 saturated heterocycles. The second-order valence-corrected chi connectivity index (χ2v) is 4.51. The Bertz CT molecular complexity index is 608. The van der Waals surface area contributed by atoms with Crippen molar-refractivity contribution in [3.05, 3.63) is 64.2 Å². The van der Waals surface area contributed by atoms with E-state index in [2.05, 4.69) is 0 Å². The first-order valence-electron chi connectivity index (χ1n) is 5.75. The fourth-order valence-electron chi connectivity index (χ4n) is 1.88. The summed E-state index contributed by atoms with van der Waals surface area (Å²) in [6, 6.07) is 12.4. The van der Waals surface area contributed by atoms with Crippen molar-refractivity contribution >= 4 is 17.6 Å². The fraction of sp³-hybridized carbons (Fsp3) is 0.133. The van der Waals surface area contributed by atoms with Crippen molar-refractivity contribution < 1.29 is 14.6 Å². The Kier molecular flexibility index (Phi) is 4.07. The van der Waals surface area contributed by atoms with Crippen LogP contribution in [0.25, 0.3) is 0 Å². The van der Waals surface area contributed by atoms with Crippen LogP contribution >= 0.6 is 11.6 Å². The van der Waals surface area contributed by atoms with Gasteiger partial charge in [-0.15, -0.1) is 0 Å². The van der Waals surface area contributed by atoms with E-state index in [0.29, 0.717) is 11.4 Å². The van der Waals surface area contributed by atoms with Gasteiger partial charge in [0.2, 0.25) is 0 Å². The molecular formula is C15H13ClO3. The number of carboxylic acids is 1. The number of carbonyl (C=O) groups is 1. The van der Waals surface area contributed by atoms with Crippen LogP contribution in [-0.4, -0.2) is 18.2 Å². The molecule has 3 nitrogen and oxygen atoms in total. The molecule has 0 saturated carbocycles. The van der Waals surface area contributed by atoms with Crippen LogP contribution in [0.4, 0.5) is 0 Å². The van der Waals surface area contributed by atoms with Gasteiger partial charge < -0.3 is 9.84 Å². The first-order valence-corrected chi connectivity index (χ1v) is 6.13. The van der Waals surface area contributed by atoms with Gasteiger partial charge in [0, 0.05) is 11.4 Å². The third-order valence-electron chi connectivity index (χ3n) is 2.87. The number of hydrogen-bond donors (Lipinski definition) is 1. The molecule has 4 heteroatoms. The largest absolute Gasteiger partial charge is 0.496 e. The normalized spacial score (nSPS) is 10.2. The van der Waals surface area contributed by atoms with Crippen LogP contribution in [0.15, 0.2) is 42.5 Å². The van der Waals surface area contributed by atoms with E-state index in [1.54, 1.807) is 19.2 Å². The van der Waals surface area contributed by atoms with Gasteiger partial charge >= 0.3 is 5.97 Å². The van der Waals surface area contributed by atoms with Crippen LogP contribution in [0.2, 0.25) is 5.02 Å². The molecule has 0 aliphatic rings. The van der Waals surface area contributed by atoms with Crippen LogP contribution in [-0.2, 0) is 6.42 Å². The summed E-state index contributed by atoms with van der Waals surface area (Å²) < 4.78 is 5.28. The SMILES string of the molecule is COc1ccccc1Cc1ccc(C(=O)O)cc1Cl. The van der Waals surface area contributed by atoms with Crippen molar-refractivity contribution in [1.82, 2.24) is 0 Å². The molecular weight excluding hydrogens is 264 g/mol. The molecule has 19 heavy (non-hydrogen) atoms. The zero-order chi connectivity index (χ0) is 13.8. The Labute approximate surface area is 116 Å². The van der Waals surface area contributed by atoms with E-state index in [1.165, 1.54) is 6.07 Å². The minimum Gasteiger partial charge on any atom is -0.496 e. The summed E-state index contributed by atoms with van der Waals surface area (Å²) in [4.78, 5) is 10.8. The number of hydrogen-bond acceptors (Lipinski definition) is 2. The van der Waals surface area contributed by atoms with E-state index < -0.39 is 5.97 Å². The second-order valence-electron chi connectivity index (χ2n) is 4.10. The van der Waals surface area contributed by atoms with Crippen LogP contribution < -0.4 is 4.74 Å². The fourth-order valence-corrected chi connectivity index (χ4v) is 2.13. The summed E-state index contributed by atoms with van der Waals surface area (Å²) in [6.45, 7) is 0. The third-order valence-corrected chi connectivity index (χ3v) is 3.23. The molecule has 2 rings (SSSR count). The maximum absolute atomic E-state index is 10.8. The van der Waals surface area contributed by atoms with Crippen molar-refractivity contribution in [3.63, 3.8) is 0 Å². The number of benzene rings is 2. The van der Waals surface area contributed by atoms with Gasteiger partial charge in [-0.3, -0.25) is 0 Å². The maximum atomic E-state index is 10.8. The van der Waals surface area contributed by atoms with Gasteiger partial charge in [0.1, 0.15) is 5.75 Å². The molecule has 0 atom stereocenters. The predicted octanol–water partition coefficient (Wildman–Crippen LogP) is 3.64. The molecule has 0 aliphatic carbocycles. The summed E-state index contributed by atoms with van der Waals surface area (Å²) >= 11 is 6.11. The molecule has 0 spiro atoms. The van der Waals surface area contributed by atoms with E-state index in [4.69, 9.17) is 21.4 Å². The molecule has 1 N–H and O–H groups in total. The average Bonchev–Trinajstić information content (AvgIpc) is 2.41. The summed E-state index contributed by atoms with van der Waals surface area (Å²) in [5.41, 5.74) is 2.07. The molecule has 0 unspecified atom stereocenters. The highest BCUT2D eigenvalue weighted by atomic mass is 35.5. The molecule has 0 radical (unpaired) electrons. The first kappa shape index (κ1) is 13.4. The van der Waals surface area contributed by atoms with Gasteiger partial charge in [-0.25, -0.2) is 4.79 Å². The number of rotatable bonds is 4. The zero-order valence-electron chi connectivity index (χ0n) is 10.4. The number of carboxylic acid groups (broad SMARTS) is 1. The monoisotopic (exact) mass is 276 g/mol. The standard InChI is InChI=1S/C15H13ClO3/c1-19-14-5-3-2-4-11(14)8-10-6-7-12(15(17)18)9-13(10)16/h2-7,9H,8H2,1H3,(H,17,18). The quantitative estimate of drug-likeness (QED) is 0.927. The molecule has 2 aromatic rings. The van der Waals surface area contributed by atoms with Crippen molar-refractivity contribution in [3.8, 4) is 5.75 Å². The molecule has 0 heterocycles. The van der Waals surface area contributed by atoms with E-state index in [0.717, 1.165) is 16.9 Å². The summed E-state index contributed by atoms with van der Waals surface area (Å²) in [5.74, 6) is -0.188. The molecule has 0 aromatic heterocycles. The van der Waals surface area contributed by atoms with Crippen LogP contribution in [0, 0.1) is 0 Å². The highest BCUT2D eigenvalue weighted by Gasteiger charge is 2.09. The van der Waals surface area contributed by atoms with Crippen LogP contribution in [0.1, 0.15) is 21.5 Å². The van der Waals surface area contributed by atoms with Crippen molar-refractivity contribution in [2.24, 2.45) is 0 Å². The molecule has 0 aliphatic heterocycles. The van der Waals surface area contributed by atoms with Crippen molar-refractivity contribution in [2.75, 3.05) is 7.11 Å². The second kappa shape index (κ2) is 5.76. The highest BCUT2D eigenvalue weighted by Crippen LogP contribution is 2.25. The van der Waals surface area contributed by atoms with E-state index in [9.17, 15) is 4.79 Å². The first-order chi connectivity index (χ1) is 9.11. The smallest absolute Gasteiger partial charge is 0.335 e. The molecule has 2 aromatic carbocycles. The van der Waals surface area contributed by atoms with Crippen molar-refractivity contribution in [2.45, 2.75) is 6.42 Å². The zero-order valence-corrected chi connectivity index (χ0v) is 11.1. The van der Waals surface area contributed by atoms with Crippen LogP contribution in [0.3, 0.4) is 0 Å². The lowest BCUT2D eigenvalue weighted by Gasteiger charge is -2.09. The molecule has 0 bridgehead atoms. The predicted molar refractivity (Wildman–Crippen MR) is 74.2 cm³/mol. The summed E-state index contributed by atoms with van der Waals surface area (Å²) in [6.07, 6.45) is 0.600. The maximum Gasteiger partial charge on any atom is 0.335 e. The van der Waals surface area contributed by atoms with Gasteiger partial charge in [0.25, 0.3) is 0 Å². The van der Waals surface area contributed by atoms with Gasteiger partial charge in [0.05, 0.1) is 12.7 Å². The number of para-hydroxylation sites is 1. The van der Waals surface area contributed by atoms with E-state index in [1.807, 2.05) is 24.3 Å². The van der Waals surface area contributed by atoms with Gasteiger partial charge in [-0.2, -0.15) is 0 Å². The average molecular weight is 277 g/mol. The third kappa shape index (κ3) is 3.06. The Morgan fingerprint density at radius 2 is 1.95 bits per heavy atom. The van der Waals surface area contributed by atoms with E-state index in [-0.39, 0.29) is 5.56 Å². The van der Waals surface area contributed by atoms with E-state index >= 15 is 0 Å². The number of halogens is 1. The lowest BCUT2D eigenvalue weighted by Crippen LogP contribution is -1.98. The lowest BCUT2D eigenvalue weighted by atomic mass is 10.0. The summed E-state index contributed by atoms with van der Waals surface area (Å²) in [7, 11) is 1.62. The molecule has 98 valence electrons. The van der Waals surface area contributed by atoms with Gasteiger partial charge in [-0.05, 0) is 29.3 Å². The number of aromatic carboxylic acids is 1. The Hall–Kier alpha value is -2.00. The highest BCUT2D eigenvalue weighted by molar-refractivity contribution is 6.31. The summed E-state index contributed by atoms with van der Waals surface area (Å²) in [5, 5.41) is 9.34. The minimum absolute atomic E-state index is 0.189. The van der Waals surface area contributed by atoms with Crippen molar-refractivity contribution in [1.29, 1.82) is 0 Å². The lowest BCUT2D eigenvalue weighted by molar-refractivity contribution is 0.0697. The number of ether oxygens (including phenoxy) is 1. The number of methoxy groups -OCH3 is 1. The Morgan fingerprint density at radius 3 is 2.58 bits per heavy atom. The minimum atomic E-state index is -0.981. The molecule has 0 amide bonds.